The van der Waals surface area contributed by atoms with Crippen LogP contribution in [0.1, 0.15) is 58.5 Å². The normalized spacial score (nSPS) is 17.8. The maximum Gasteiger partial charge on any atom is 0.336 e. The Kier molecular flexibility index (Phi) is 8.80. The molecule has 2 aliphatic rings. The third-order valence-corrected chi connectivity index (χ3v) is 7.60. The number of para-hydroxylation sites is 1. The van der Waals surface area contributed by atoms with E-state index in [0.29, 0.717) is 47.0 Å². The SMILES string of the molecule is CCNC(=O)C1C(C)=NC(C)=C(C(=O)OCCN2C(=O)c3ccccc3C2=O)C1c1ccccc1OCc1ccccc1. The van der Waals surface area contributed by atoms with Crippen LogP contribution >= 0.6 is 0 Å². The van der Waals surface area contributed by atoms with Crippen LogP contribution in [0, 0.1) is 5.92 Å². The first-order chi connectivity index (χ1) is 20.8. The molecule has 0 radical (unpaired) electrons. The first-order valence-electron chi connectivity index (χ1n) is 14.2. The lowest BCUT2D eigenvalue weighted by Gasteiger charge is -2.33. The number of nitrogens with one attached hydrogen (secondary N) is 1. The number of rotatable bonds is 10. The lowest BCUT2D eigenvalue weighted by atomic mass is 9.75. The van der Waals surface area contributed by atoms with E-state index in [2.05, 4.69) is 10.3 Å². The van der Waals surface area contributed by atoms with E-state index in [4.69, 9.17) is 9.47 Å². The molecule has 0 aliphatic carbocycles. The first kappa shape index (κ1) is 29.4. The maximum absolute atomic E-state index is 13.8. The van der Waals surface area contributed by atoms with Crippen LogP contribution in [-0.4, -0.2) is 54.0 Å². The van der Waals surface area contributed by atoms with Gasteiger partial charge in [-0.2, -0.15) is 0 Å². The van der Waals surface area contributed by atoms with Gasteiger partial charge in [-0.05, 0) is 44.5 Å². The Hall–Kier alpha value is -5.05. The number of esters is 1. The second-order valence-corrected chi connectivity index (χ2v) is 10.4. The van der Waals surface area contributed by atoms with E-state index >= 15 is 0 Å². The van der Waals surface area contributed by atoms with E-state index < -0.39 is 29.6 Å². The van der Waals surface area contributed by atoms with Gasteiger partial charge in [0.05, 0.1) is 29.2 Å². The molecule has 0 saturated carbocycles. The molecule has 220 valence electrons. The Morgan fingerprint density at radius 1 is 0.884 bits per heavy atom. The zero-order valence-corrected chi connectivity index (χ0v) is 24.3. The minimum atomic E-state index is -0.788. The Bertz CT molecular complexity index is 1590. The minimum Gasteiger partial charge on any atom is -0.489 e. The average Bonchev–Trinajstić information content (AvgIpc) is 3.25. The van der Waals surface area contributed by atoms with Crippen molar-refractivity contribution < 1.29 is 28.7 Å². The van der Waals surface area contributed by atoms with Crippen molar-refractivity contribution >= 4 is 29.4 Å². The number of nitrogens with zero attached hydrogens (tertiary/aromatic N) is 2. The summed E-state index contributed by atoms with van der Waals surface area (Å²) in [6.07, 6.45) is 0. The third-order valence-electron chi connectivity index (χ3n) is 7.60. The van der Waals surface area contributed by atoms with Gasteiger partial charge in [0, 0.05) is 29.4 Å². The highest BCUT2D eigenvalue weighted by Gasteiger charge is 2.43. The zero-order chi connectivity index (χ0) is 30.5. The van der Waals surface area contributed by atoms with Gasteiger partial charge in [0.15, 0.2) is 0 Å². The van der Waals surface area contributed by atoms with Crippen LogP contribution in [0.15, 0.2) is 95.1 Å². The van der Waals surface area contributed by atoms with Gasteiger partial charge in [-0.25, -0.2) is 4.79 Å². The van der Waals surface area contributed by atoms with E-state index in [1.54, 1.807) is 38.1 Å². The smallest absolute Gasteiger partial charge is 0.336 e. The van der Waals surface area contributed by atoms with Gasteiger partial charge in [0.1, 0.15) is 19.0 Å². The summed E-state index contributed by atoms with van der Waals surface area (Å²) in [6, 6.07) is 23.6. The summed E-state index contributed by atoms with van der Waals surface area (Å²) in [5.41, 5.74) is 3.48. The van der Waals surface area contributed by atoms with Crippen molar-refractivity contribution in [2.24, 2.45) is 10.9 Å². The lowest BCUT2D eigenvalue weighted by molar-refractivity contribution is -0.139. The summed E-state index contributed by atoms with van der Waals surface area (Å²) >= 11 is 0. The van der Waals surface area contributed by atoms with E-state index in [1.807, 2.05) is 61.5 Å². The second kappa shape index (κ2) is 12.9. The fraction of sp³-hybridized carbons (Fsp3) is 0.265. The number of benzene rings is 3. The minimum absolute atomic E-state index is 0.103. The van der Waals surface area contributed by atoms with Crippen LogP contribution in [0.4, 0.5) is 0 Å². The van der Waals surface area contributed by atoms with Crippen molar-refractivity contribution in [3.05, 3.63) is 112 Å². The Balaban J connectivity index is 1.42. The molecule has 5 rings (SSSR count). The van der Waals surface area contributed by atoms with Gasteiger partial charge in [-0.1, -0.05) is 60.7 Å². The molecule has 3 aromatic rings. The molecule has 3 amide bonds. The predicted molar refractivity (Wildman–Crippen MR) is 161 cm³/mol. The van der Waals surface area contributed by atoms with E-state index in [9.17, 15) is 19.2 Å². The number of hydrogen-bond acceptors (Lipinski definition) is 7. The molecule has 0 bridgehead atoms. The highest BCUT2D eigenvalue weighted by Crippen LogP contribution is 2.43. The second-order valence-electron chi connectivity index (χ2n) is 10.4. The topological polar surface area (TPSA) is 114 Å². The number of aliphatic imine (C=N–C) groups is 1. The molecule has 9 nitrogen and oxygen atoms in total. The number of amides is 3. The Labute approximate surface area is 250 Å². The van der Waals surface area contributed by atoms with Gasteiger partial charge in [0.2, 0.25) is 5.91 Å². The molecule has 2 aliphatic heterocycles. The molecule has 0 saturated heterocycles. The highest BCUT2D eigenvalue weighted by atomic mass is 16.5. The number of imide groups is 1. The third kappa shape index (κ3) is 5.97. The maximum atomic E-state index is 13.8. The van der Waals surface area contributed by atoms with Crippen molar-refractivity contribution in [2.75, 3.05) is 19.7 Å². The van der Waals surface area contributed by atoms with Crippen LogP contribution in [0.25, 0.3) is 0 Å². The molecule has 0 fully saturated rings. The number of allylic oxidation sites excluding steroid dienone is 1. The van der Waals surface area contributed by atoms with Gasteiger partial charge in [-0.3, -0.25) is 24.3 Å². The quantitative estimate of drug-likeness (QED) is 0.275. The van der Waals surface area contributed by atoms with E-state index in [0.717, 1.165) is 10.5 Å². The van der Waals surface area contributed by atoms with Crippen LogP contribution in [-0.2, 0) is 20.9 Å². The molecule has 43 heavy (non-hydrogen) atoms. The summed E-state index contributed by atoms with van der Waals surface area (Å²) in [6.45, 7) is 5.69. The van der Waals surface area contributed by atoms with Crippen LogP contribution < -0.4 is 10.1 Å². The number of carbonyl (C=O) groups excluding carboxylic acids is 4. The summed E-state index contributed by atoms with van der Waals surface area (Å²) < 4.78 is 11.9. The average molecular weight is 580 g/mol. The highest BCUT2D eigenvalue weighted by molar-refractivity contribution is 6.21. The summed E-state index contributed by atoms with van der Waals surface area (Å²) in [7, 11) is 0. The molecular weight excluding hydrogens is 546 g/mol. The largest absolute Gasteiger partial charge is 0.489 e. The van der Waals surface area contributed by atoms with Crippen molar-refractivity contribution in [2.45, 2.75) is 33.3 Å². The summed E-state index contributed by atoms with van der Waals surface area (Å²) in [5, 5.41) is 2.88. The van der Waals surface area contributed by atoms with Crippen molar-refractivity contribution in [1.29, 1.82) is 0 Å². The molecule has 0 spiro atoms. The number of fused-ring (bicyclic) bond motifs is 1. The monoisotopic (exact) mass is 579 g/mol. The zero-order valence-electron chi connectivity index (χ0n) is 24.3. The fourth-order valence-corrected chi connectivity index (χ4v) is 5.62. The molecule has 2 unspecified atom stereocenters. The molecule has 2 heterocycles. The van der Waals surface area contributed by atoms with Gasteiger partial charge < -0.3 is 14.8 Å². The molecule has 2 atom stereocenters. The van der Waals surface area contributed by atoms with Gasteiger partial charge in [-0.15, -0.1) is 0 Å². The van der Waals surface area contributed by atoms with Gasteiger partial charge in [0.25, 0.3) is 11.8 Å². The molecule has 1 N–H and O–H groups in total. The number of ether oxygens (including phenoxy) is 2. The molecule has 3 aromatic carbocycles. The Morgan fingerprint density at radius 2 is 1.51 bits per heavy atom. The van der Waals surface area contributed by atoms with Gasteiger partial charge >= 0.3 is 5.97 Å². The molecule has 9 heteroatoms. The summed E-state index contributed by atoms with van der Waals surface area (Å²) in [4.78, 5) is 58.4. The Morgan fingerprint density at radius 3 is 2.19 bits per heavy atom. The molecule has 0 aromatic heterocycles. The van der Waals surface area contributed by atoms with Crippen LogP contribution in [0.2, 0.25) is 0 Å². The van der Waals surface area contributed by atoms with Crippen LogP contribution in [0.3, 0.4) is 0 Å². The number of hydrogen-bond donors (Lipinski definition) is 1. The van der Waals surface area contributed by atoms with Crippen LogP contribution in [0.5, 0.6) is 5.75 Å². The van der Waals surface area contributed by atoms with E-state index in [-0.39, 0.29) is 24.6 Å². The predicted octanol–water partition coefficient (Wildman–Crippen LogP) is 4.69. The van der Waals surface area contributed by atoms with E-state index in [1.165, 1.54) is 0 Å². The first-order valence-corrected chi connectivity index (χ1v) is 14.2. The molecular formula is C34H33N3O6. The standard InChI is InChI=1S/C34H33N3O6/c1-4-35-31(38)28-21(2)36-22(3)29(30(28)26-16-10-11-17-27(26)43-20-23-12-6-5-7-13-23)34(41)42-19-18-37-32(39)24-14-8-9-15-25(24)33(37)40/h5-17,28,30H,4,18-20H2,1-3H3,(H,35,38). The lowest BCUT2D eigenvalue weighted by Crippen LogP contribution is -2.42. The summed E-state index contributed by atoms with van der Waals surface area (Å²) in [5.74, 6) is -2.80. The van der Waals surface area contributed by atoms with Crippen molar-refractivity contribution in [1.82, 2.24) is 10.2 Å². The number of carbonyl (C=O) groups is 4. The fourth-order valence-electron chi connectivity index (χ4n) is 5.62. The van der Waals surface area contributed by atoms with Crippen molar-refractivity contribution in [3.63, 3.8) is 0 Å². The van der Waals surface area contributed by atoms with Crippen molar-refractivity contribution in [3.8, 4) is 5.75 Å².